The topological polar surface area (TPSA) is 41.9 Å². The summed E-state index contributed by atoms with van der Waals surface area (Å²) in [4.78, 5) is 1.24. The van der Waals surface area contributed by atoms with Crippen molar-refractivity contribution < 1.29 is 35.1 Å². The maximum Gasteiger partial charge on any atom is 0.161 e. The van der Waals surface area contributed by atoms with Crippen LogP contribution in [0.25, 0.3) is 0 Å². The molecule has 3 atom stereocenters. The van der Waals surface area contributed by atoms with E-state index in [9.17, 15) is 5.11 Å². The van der Waals surface area contributed by atoms with Crippen LogP contribution in [-0.2, 0) is 6.42 Å². The van der Waals surface area contributed by atoms with Gasteiger partial charge in [0.25, 0.3) is 0 Å². The van der Waals surface area contributed by atoms with E-state index in [0.717, 1.165) is 0 Å². The predicted molar refractivity (Wildman–Crippen MR) is 95.7 cm³/mol. The molecular formula is C20H31NO3. The van der Waals surface area contributed by atoms with Gasteiger partial charge in [-0.15, -0.1) is 0 Å². The molecule has 0 amide bonds. The van der Waals surface area contributed by atoms with Crippen molar-refractivity contribution in [1.82, 2.24) is 4.90 Å². The quantitative estimate of drug-likeness (QED) is 0.909. The highest BCUT2D eigenvalue weighted by Crippen LogP contribution is 2.44. The fourth-order valence-corrected chi connectivity index (χ4v) is 3.15. The van der Waals surface area contributed by atoms with Crippen molar-refractivity contribution in [3.63, 3.8) is 0 Å². The maximum atomic E-state index is 11.4. The fourth-order valence-electron chi connectivity index (χ4n) is 3.15. The normalized spacial score (nSPS) is 47.0. The second kappa shape index (κ2) is 6.57. The van der Waals surface area contributed by atoms with E-state index in [4.69, 9.17) is 30.0 Å². The molecule has 4 heteroatoms. The molecular weight excluding hydrogens is 302 g/mol. The Balaban J connectivity index is 2.25. The van der Waals surface area contributed by atoms with Gasteiger partial charge >= 0.3 is 0 Å². The van der Waals surface area contributed by atoms with Crippen LogP contribution in [-0.4, -0.2) is 43.3 Å². The predicted octanol–water partition coefficient (Wildman–Crippen LogP) is 3.42. The minimum absolute atomic E-state index is 0.0353. The number of nitrogens with zero attached hydrogens (tertiary/aromatic N) is 1. The van der Waals surface area contributed by atoms with Gasteiger partial charge < -0.3 is 14.6 Å². The van der Waals surface area contributed by atoms with Crippen LogP contribution >= 0.6 is 0 Å². The highest BCUT2D eigenvalue weighted by molar-refractivity contribution is 5.49. The molecule has 2 heterocycles. The Morgan fingerprint density at radius 1 is 1.46 bits per heavy atom. The first kappa shape index (κ1) is 6.81. The lowest BCUT2D eigenvalue weighted by Crippen LogP contribution is -2.48. The molecule has 3 unspecified atom stereocenters. The monoisotopic (exact) mass is 348 g/mol. The van der Waals surface area contributed by atoms with Gasteiger partial charge in [0, 0.05) is 34.2 Å². The molecule has 0 aliphatic carbocycles. The molecule has 2 aliphatic heterocycles. The zero-order chi connectivity index (χ0) is 30.4. The van der Waals surface area contributed by atoms with Crippen LogP contribution in [0.5, 0.6) is 11.5 Å². The Kier molecular flexibility index (Phi) is 1.86. The number of fused-ring (bicyclic) bond motifs is 3. The van der Waals surface area contributed by atoms with E-state index in [1.807, 2.05) is 0 Å². The molecule has 0 radical (unpaired) electrons. The Hall–Kier alpha value is -1.26. The number of rotatable bonds is 3. The van der Waals surface area contributed by atoms with E-state index in [-0.39, 0.29) is 30.0 Å². The molecule has 1 aromatic rings. The summed E-state index contributed by atoms with van der Waals surface area (Å²) in [6.07, 6.45) is -10.4. The third-order valence-electron chi connectivity index (χ3n) is 4.18. The first-order valence-corrected chi connectivity index (χ1v) is 7.57. The first-order valence-electron chi connectivity index (χ1n) is 15.1. The summed E-state index contributed by atoms with van der Waals surface area (Å²) in [6.45, 7) is -7.43. The Morgan fingerprint density at radius 2 is 2.25 bits per heavy atom. The summed E-state index contributed by atoms with van der Waals surface area (Å²) in [6, 6.07) is 1.08. The standard InChI is InChI=1S/C20H31NO3/c1-20(2,3)11-14-12-21-7-6-13-8-18(23-4)19(24-5)9-15(13)16(21)10-17(14)22/h8-9,14,16-17,22H,6-7,10-12H2,1-5H3/i1D3,2D3,5D3,10D2,11D2,14D,17D. The molecule has 3 rings (SSSR count). The van der Waals surface area contributed by atoms with Crippen molar-refractivity contribution in [1.29, 1.82) is 0 Å². The van der Waals surface area contributed by atoms with Crippen molar-refractivity contribution in [3.05, 3.63) is 23.3 Å². The lowest BCUT2D eigenvalue weighted by atomic mass is 9.75. The molecule has 2 aliphatic rings. The minimum atomic E-state index is -3.69. The molecule has 1 N–H and O–H groups in total. The van der Waals surface area contributed by atoms with Crippen molar-refractivity contribution >= 4 is 0 Å². The summed E-state index contributed by atoms with van der Waals surface area (Å²) in [5.74, 6) is -3.56. The third-order valence-corrected chi connectivity index (χ3v) is 4.18. The molecule has 0 spiro atoms. The number of hydrogen-bond donors (Lipinski definition) is 1. The van der Waals surface area contributed by atoms with E-state index >= 15 is 0 Å². The number of ether oxygens (including phenoxy) is 2. The lowest BCUT2D eigenvalue weighted by Gasteiger charge is -2.47. The largest absolute Gasteiger partial charge is 0.493 e. The first-order chi connectivity index (χ1) is 17.2. The highest BCUT2D eigenvalue weighted by atomic mass is 16.5. The number of benzene rings is 1. The van der Waals surface area contributed by atoms with Gasteiger partial charge in [-0.2, -0.15) is 0 Å². The summed E-state index contributed by atoms with van der Waals surface area (Å²) in [7, 11) is -1.63. The van der Waals surface area contributed by atoms with Crippen LogP contribution in [0.4, 0.5) is 0 Å². The van der Waals surface area contributed by atoms with Gasteiger partial charge in [0.05, 0.1) is 25.7 Å². The van der Waals surface area contributed by atoms with E-state index in [2.05, 4.69) is 0 Å². The molecule has 1 aromatic carbocycles. The van der Waals surface area contributed by atoms with Gasteiger partial charge in [0.15, 0.2) is 11.5 Å². The Labute approximate surface area is 166 Å². The smallest absolute Gasteiger partial charge is 0.161 e. The molecule has 0 saturated carbocycles. The van der Waals surface area contributed by atoms with Gasteiger partial charge in [0.1, 0.15) is 0 Å². The van der Waals surface area contributed by atoms with Crippen LogP contribution in [0.15, 0.2) is 12.1 Å². The average molecular weight is 349 g/mol. The van der Waals surface area contributed by atoms with E-state index in [1.165, 1.54) is 24.1 Å². The van der Waals surface area contributed by atoms with E-state index in [0.29, 0.717) is 12.5 Å². The van der Waals surface area contributed by atoms with E-state index < -0.39 is 63.5 Å². The zero-order valence-corrected chi connectivity index (χ0v) is 13.6. The van der Waals surface area contributed by atoms with Crippen LogP contribution in [0, 0.1) is 11.3 Å². The maximum absolute atomic E-state index is 11.4. The summed E-state index contributed by atoms with van der Waals surface area (Å²) >= 11 is 0. The van der Waals surface area contributed by atoms with Crippen molar-refractivity contribution in [2.75, 3.05) is 27.2 Å². The molecule has 4 nitrogen and oxygen atoms in total. The third kappa shape index (κ3) is 3.40. The van der Waals surface area contributed by atoms with Crippen LogP contribution in [0.1, 0.15) is 71.1 Å². The second-order valence-corrected chi connectivity index (χ2v) is 6.15. The highest BCUT2D eigenvalue weighted by Gasteiger charge is 2.39. The molecule has 1 fully saturated rings. The second-order valence-electron chi connectivity index (χ2n) is 6.15. The average Bonchev–Trinajstić information content (AvgIpc) is 2.73. The zero-order valence-electron chi connectivity index (χ0n) is 28.6. The molecule has 1 saturated heterocycles. The van der Waals surface area contributed by atoms with Gasteiger partial charge in [-0.25, -0.2) is 0 Å². The van der Waals surface area contributed by atoms with Gasteiger partial charge in [-0.05, 0) is 53.7 Å². The number of hydrogen-bond acceptors (Lipinski definition) is 4. The van der Waals surface area contributed by atoms with Crippen LogP contribution < -0.4 is 9.47 Å². The molecule has 0 bridgehead atoms. The molecule has 0 aromatic heterocycles. The number of piperidine rings is 1. The van der Waals surface area contributed by atoms with Gasteiger partial charge in [-0.3, -0.25) is 4.90 Å². The van der Waals surface area contributed by atoms with Crippen molar-refractivity contribution in [2.24, 2.45) is 11.3 Å². The van der Waals surface area contributed by atoms with E-state index in [1.54, 1.807) is 0 Å². The van der Waals surface area contributed by atoms with Crippen LogP contribution in [0.3, 0.4) is 0 Å². The minimum Gasteiger partial charge on any atom is -0.493 e. The molecule has 24 heavy (non-hydrogen) atoms. The summed E-state index contributed by atoms with van der Waals surface area (Å²) in [5.41, 5.74) is -2.73. The van der Waals surface area contributed by atoms with Crippen LogP contribution in [0.2, 0.25) is 0 Å². The Morgan fingerprint density at radius 3 is 2.96 bits per heavy atom. The molecule has 134 valence electrons. The Bertz CT molecular complexity index is 1100. The SMILES string of the molecule is [2H]C([2H])([2H])Oc1cc2c(cc1OC)CCN1CC([2H])(C([2H])([2H])C(C)(C([2H])([2H])[2H])C([2H])([2H])[2H])C([2H])(O)C([2H])([2H])C21. The fraction of sp³-hybridized carbons (Fsp3) is 0.700. The number of aliphatic hydroxyl groups is 1. The van der Waals surface area contributed by atoms with Crippen molar-refractivity contribution in [3.8, 4) is 11.5 Å². The number of methoxy groups -OCH3 is 2. The van der Waals surface area contributed by atoms with Gasteiger partial charge in [-0.1, -0.05) is 20.6 Å². The van der Waals surface area contributed by atoms with Crippen molar-refractivity contribution in [2.45, 2.75) is 51.9 Å². The van der Waals surface area contributed by atoms with Gasteiger partial charge in [0.2, 0.25) is 0 Å². The summed E-state index contributed by atoms with van der Waals surface area (Å²) in [5, 5.41) is 11.4. The summed E-state index contributed by atoms with van der Waals surface area (Å²) < 4.78 is 133. The lowest BCUT2D eigenvalue weighted by molar-refractivity contribution is -0.0259.